The molecule has 0 spiro atoms. The van der Waals surface area contributed by atoms with E-state index in [1.165, 1.54) is 56.9 Å². The maximum Gasteiger partial charge on any atom is 0.0569 e. The molecular weight excluding hydrogens is 352 g/mol. The molecule has 0 aromatic heterocycles. The standard InChI is InChI=1S/C28H44O/c1-18(2)8-7-9-19(3)22-12-13-24-21-10-11-23-20(4)26(29)15-17-28(23,6)25(21)14-16-27(22,24)5/h8,13,19-20,22-23,26,29H,7,9-12,14-17H2,1-6H3/t19-,20?,22-,23?,26+,27-,28+/m1/s1. The summed E-state index contributed by atoms with van der Waals surface area (Å²) in [5, 5.41) is 10.5. The zero-order valence-electron chi connectivity index (χ0n) is 19.9. The molecule has 0 aromatic rings. The predicted molar refractivity (Wildman–Crippen MR) is 124 cm³/mol. The lowest BCUT2D eigenvalue weighted by molar-refractivity contribution is -0.0287. The molecule has 4 aliphatic rings. The van der Waals surface area contributed by atoms with E-state index in [2.05, 4.69) is 53.7 Å². The number of rotatable bonds is 4. The van der Waals surface area contributed by atoms with Gasteiger partial charge in [-0.15, -0.1) is 0 Å². The third-order valence-electron chi connectivity index (χ3n) is 9.87. The van der Waals surface area contributed by atoms with Crippen LogP contribution in [0.15, 0.2) is 34.4 Å². The van der Waals surface area contributed by atoms with Gasteiger partial charge in [0.15, 0.2) is 0 Å². The van der Waals surface area contributed by atoms with Gasteiger partial charge in [-0.1, -0.05) is 51.0 Å². The summed E-state index contributed by atoms with van der Waals surface area (Å²) in [6.07, 6.45) is 16.2. The molecule has 0 aliphatic heterocycles. The van der Waals surface area contributed by atoms with Crippen molar-refractivity contribution < 1.29 is 5.11 Å². The monoisotopic (exact) mass is 396 g/mol. The fourth-order valence-corrected chi connectivity index (χ4v) is 8.04. The van der Waals surface area contributed by atoms with Crippen LogP contribution in [-0.4, -0.2) is 11.2 Å². The summed E-state index contributed by atoms with van der Waals surface area (Å²) in [6.45, 7) is 14.4. The first-order valence-corrected chi connectivity index (χ1v) is 12.4. The molecule has 7 atom stereocenters. The van der Waals surface area contributed by atoms with Crippen LogP contribution < -0.4 is 0 Å². The molecule has 0 heterocycles. The van der Waals surface area contributed by atoms with Crippen LogP contribution in [0, 0.1) is 34.5 Å². The van der Waals surface area contributed by atoms with E-state index < -0.39 is 0 Å². The molecule has 1 fully saturated rings. The van der Waals surface area contributed by atoms with Crippen LogP contribution in [0.1, 0.15) is 99.3 Å². The Kier molecular flexibility index (Phi) is 5.69. The Balaban J connectivity index is 1.58. The summed E-state index contributed by atoms with van der Waals surface area (Å²) in [4.78, 5) is 0. The number of hydrogen-bond acceptors (Lipinski definition) is 1. The van der Waals surface area contributed by atoms with Crippen LogP contribution in [0.2, 0.25) is 0 Å². The zero-order valence-corrected chi connectivity index (χ0v) is 19.9. The van der Waals surface area contributed by atoms with E-state index in [9.17, 15) is 5.11 Å². The SMILES string of the molecule is CC(C)=CCC[C@@H](C)[C@H]1CC=C2C3=C(CC[C@@]21C)[C@@]1(C)CC[C@H](O)C(C)C1CC3. The Morgan fingerprint density at radius 1 is 1.17 bits per heavy atom. The zero-order chi connectivity index (χ0) is 21.0. The molecule has 1 N–H and O–H groups in total. The summed E-state index contributed by atoms with van der Waals surface area (Å²) in [6, 6.07) is 0. The van der Waals surface area contributed by atoms with Gasteiger partial charge >= 0.3 is 0 Å². The Hall–Kier alpha value is -0.820. The summed E-state index contributed by atoms with van der Waals surface area (Å²) >= 11 is 0. The van der Waals surface area contributed by atoms with Crippen LogP contribution in [0.4, 0.5) is 0 Å². The molecule has 2 unspecified atom stereocenters. The fraction of sp³-hybridized carbons (Fsp3) is 0.786. The highest BCUT2D eigenvalue weighted by Gasteiger charge is 2.54. The Labute approximate surface area is 179 Å². The van der Waals surface area contributed by atoms with Crippen molar-refractivity contribution in [3.05, 3.63) is 34.4 Å². The smallest absolute Gasteiger partial charge is 0.0569 e. The third kappa shape index (κ3) is 3.40. The lowest BCUT2D eigenvalue weighted by Gasteiger charge is -2.55. The second-order valence-electron chi connectivity index (χ2n) is 11.7. The van der Waals surface area contributed by atoms with Crippen LogP contribution in [0.5, 0.6) is 0 Å². The number of aliphatic hydroxyl groups is 1. The molecule has 4 rings (SSSR count). The Morgan fingerprint density at radius 2 is 1.93 bits per heavy atom. The second kappa shape index (κ2) is 7.70. The molecule has 4 aliphatic carbocycles. The first kappa shape index (κ1) is 21.4. The van der Waals surface area contributed by atoms with Crippen molar-refractivity contribution >= 4 is 0 Å². The van der Waals surface area contributed by atoms with Crippen molar-refractivity contribution in [3.63, 3.8) is 0 Å². The van der Waals surface area contributed by atoms with Crippen molar-refractivity contribution in [2.24, 2.45) is 34.5 Å². The minimum absolute atomic E-state index is 0.0826. The molecule has 1 heteroatoms. The van der Waals surface area contributed by atoms with Gasteiger partial charge in [-0.3, -0.25) is 0 Å². The molecular formula is C28H44O. The van der Waals surface area contributed by atoms with Gasteiger partial charge in [-0.05, 0) is 117 Å². The average Bonchev–Trinajstić information content (AvgIpc) is 3.02. The summed E-state index contributed by atoms with van der Waals surface area (Å²) in [5.74, 6) is 2.74. The summed E-state index contributed by atoms with van der Waals surface area (Å²) in [5.41, 5.74) is 7.50. The largest absolute Gasteiger partial charge is 0.393 e. The average molecular weight is 397 g/mol. The maximum atomic E-state index is 10.5. The molecule has 0 radical (unpaired) electrons. The van der Waals surface area contributed by atoms with Crippen molar-refractivity contribution in [2.45, 2.75) is 105 Å². The van der Waals surface area contributed by atoms with Crippen molar-refractivity contribution in [1.82, 2.24) is 0 Å². The third-order valence-corrected chi connectivity index (χ3v) is 9.87. The van der Waals surface area contributed by atoms with E-state index >= 15 is 0 Å². The first-order valence-electron chi connectivity index (χ1n) is 12.4. The second-order valence-corrected chi connectivity index (χ2v) is 11.7. The molecule has 162 valence electrons. The van der Waals surface area contributed by atoms with Crippen LogP contribution >= 0.6 is 0 Å². The number of allylic oxidation sites excluding steroid dienone is 6. The van der Waals surface area contributed by atoms with E-state index in [0.717, 1.165) is 18.3 Å². The number of fused-ring (bicyclic) bond motifs is 4. The van der Waals surface area contributed by atoms with Gasteiger partial charge in [-0.2, -0.15) is 0 Å². The van der Waals surface area contributed by atoms with Gasteiger partial charge in [0.2, 0.25) is 0 Å². The van der Waals surface area contributed by atoms with Gasteiger partial charge in [0.1, 0.15) is 0 Å². The highest BCUT2D eigenvalue weighted by molar-refractivity contribution is 5.49. The molecule has 0 bridgehead atoms. The van der Waals surface area contributed by atoms with Gasteiger partial charge in [0.05, 0.1) is 6.10 Å². The van der Waals surface area contributed by atoms with Gasteiger partial charge in [0.25, 0.3) is 0 Å². The minimum atomic E-state index is -0.0826. The lowest BCUT2D eigenvalue weighted by atomic mass is 9.49. The topological polar surface area (TPSA) is 20.2 Å². The van der Waals surface area contributed by atoms with Crippen LogP contribution in [0.25, 0.3) is 0 Å². The summed E-state index contributed by atoms with van der Waals surface area (Å²) in [7, 11) is 0. The van der Waals surface area contributed by atoms with Crippen molar-refractivity contribution in [3.8, 4) is 0 Å². The quantitative estimate of drug-likeness (QED) is 0.484. The Morgan fingerprint density at radius 3 is 2.66 bits per heavy atom. The summed E-state index contributed by atoms with van der Waals surface area (Å²) < 4.78 is 0. The molecule has 0 aromatic carbocycles. The highest BCUT2D eigenvalue weighted by atomic mass is 16.3. The van der Waals surface area contributed by atoms with Gasteiger partial charge in [-0.25, -0.2) is 0 Å². The predicted octanol–water partition coefficient (Wildman–Crippen LogP) is 7.62. The fourth-order valence-electron chi connectivity index (χ4n) is 8.04. The van der Waals surface area contributed by atoms with Gasteiger partial charge in [0, 0.05) is 0 Å². The molecule has 29 heavy (non-hydrogen) atoms. The van der Waals surface area contributed by atoms with E-state index in [0.29, 0.717) is 22.7 Å². The van der Waals surface area contributed by atoms with E-state index in [4.69, 9.17) is 0 Å². The molecule has 1 saturated carbocycles. The number of hydrogen-bond donors (Lipinski definition) is 1. The maximum absolute atomic E-state index is 10.5. The number of aliphatic hydroxyl groups excluding tert-OH is 1. The van der Waals surface area contributed by atoms with Gasteiger partial charge < -0.3 is 5.11 Å². The minimum Gasteiger partial charge on any atom is -0.393 e. The van der Waals surface area contributed by atoms with Crippen molar-refractivity contribution in [1.29, 1.82) is 0 Å². The van der Waals surface area contributed by atoms with Crippen LogP contribution in [0.3, 0.4) is 0 Å². The van der Waals surface area contributed by atoms with E-state index in [-0.39, 0.29) is 6.10 Å². The van der Waals surface area contributed by atoms with E-state index in [1.54, 1.807) is 16.7 Å². The van der Waals surface area contributed by atoms with Crippen LogP contribution in [-0.2, 0) is 0 Å². The molecule has 1 nitrogen and oxygen atoms in total. The normalized spacial score (nSPS) is 42.5. The van der Waals surface area contributed by atoms with E-state index in [1.807, 2.05) is 0 Å². The molecule has 0 saturated heterocycles. The first-order chi connectivity index (χ1) is 13.7. The lowest BCUT2D eigenvalue weighted by Crippen LogP contribution is -2.48. The Bertz CT molecular complexity index is 735. The molecule has 0 amide bonds. The van der Waals surface area contributed by atoms with Crippen molar-refractivity contribution in [2.75, 3.05) is 0 Å². The highest BCUT2D eigenvalue weighted by Crippen LogP contribution is 2.64.